The smallest absolute Gasteiger partial charge is 0.252 e. The van der Waals surface area contributed by atoms with Crippen molar-refractivity contribution in [2.75, 3.05) is 6.54 Å². The average molecular weight is 340 g/mol. The van der Waals surface area contributed by atoms with E-state index in [4.69, 9.17) is 4.42 Å². The molecule has 0 saturated carbocycles. The van der Waals surface area contributed by atoms with Crippen molar-refractivity contribution in [1.29, 1.82) is 0 Å². The summed E-state index contributed by atoms with van der Waals surface area (Å²) in [6.07, 6.45) is 4.26. The van der Waals surface area contributed by atoms with E-state index < -0.39 is 0 Å². The summed E-state index contributed by atoms with van der Waals surface area (Å²) in [5.74, 6) is 1.07. The Hall–Kier alpha value is -2.63. The molecule has 3 rings (SSSR count). The van der Waals surface area contributed by atoms with Crippen LogP contribution in [0.5, 0.6) is 0 Å². The topological polar surface area (TPSA) is 73.0 Å². The van der Waals surface area contributed by atoms with Crippen LogP contribution in [0.2, 0.25) is 0 Å². The molecular weight excluding hydrogens is 316 g/mol. The zero-order valence-corrected chi connectivity index (χ0v) is 15.1. The summed E-state index contributed by atoms with van der Waals surface area (Å²) in [4.78, 5) is 17.4. The molecule has 3 aromatic heterocycles. The van der Waals surface area contributed by atoms with Crippen molar-refractivity contribution in [1.82, 2.24) is 20.1 Å². The molecule has 6 heteroatoms. The van der Waals surface area contributed by atoms with E-state index >= 15 is 0 Å². The number of amides is 1. The fourth-order valence-corrected chi connectivity index (χ4v) is 2.70. The number of nitrogens with zero attached hydrogens (tertiary/aromatic N) is 3. The molecule has 3 aromatic rings. The van der Waals surface area contributed by atoms with Crippen molar-refractivity contribution in [2.45, 2.75) is 40.2 Å². The first-order valence-electron chi connectivity index (χ1n) is 8.67. The van der Waals surface area contributed by atoms with Crippen LogP contribution in [0.4, 0.5) is 0 Å². The lowest BCUT2D eigenvalue weighted by molar-refractivity contribution is 0.0953. The Morgan fingerprint density at radius 1 is 1.32 bits per heavy atom. The number of nitrogens with one attached hydrogen (secondary N) is 1. The van der Waals surface area contributed by atoms with E-state index in [0.29, 0.717) is 35.1 Å². The van der Waals surface area contributed by atoms with Gasteiger partial charge < -0.3 is 9.73 Å². The summed E-state index contributed by atoms with van der Waals surface area (Å²) >= 11 is 0. The summed E-state index contributed by atoms with van der Waals surface area (Å²) in [5.41, 5.74) is 1.90. The van der Waals surface area contributed by atoms with Crippen LogP contribution in [0.1, 0.15) is 50.5 Å². The molecule has 0 unspecified atom stereocenters. The van der Waals surface area contributed by atoms with Gasteiger partial charge in [0.2, 0.25) is 0 Å². The van der Waals surface area contributed by atoms with E-state index in [0.717, 1.165) is 11.8 Å². The molecule has 1 N–H and O–H groups in total. The van der Waals surface area contributed by atoms with Crippen LogP contribution in [-0.2, 0) is 0 Å². The molecule has 0 aliphatic heterocycles. The van der Waals surface area contributed by atoms with Gasteiger partial charge in [-0.05, 0) is 44.4 Å². The van der Waals surface area contributed by atoms with E-state index in [-0.39, 0.29) is 11.9 Å². The van der Waals surface area contributed by atoms with Gasteiger partial charge in [-0.15, -0.1) is 0 Å². The van der Waals surface area contributed by atoms with Crippen LogP contribution < -0.4 is 5.32 Å². The molecule has 0 aliphatic rings. The largest absolute Gasteiger partial charge is 0.463 e. The first kappa shape index (κ1) is 17.2. The number of hydrogen-bond acceptors (Lipinski definition) is 4. The van der Waals surface area contributed by atoms with Gasteiger partial charge in [-0.2, -0.15) is 5.10 Å². The van der Waals surface area contributed by atoms with Crippen molar-refractivity contribution in [3.05, 3.63) is 36.2 Å². The van der Waals surface area contributed by atoms with Crippen molar-refractivity contribution in [2.24, 2.45) is 5.92 Å². The van der Waals surface area contributed by atoms with Gasteiger partial charge in [-0.25, -0.2) is 9.67 Å². The van der Waals surface area contributed by atoms with Gasteiger partial charge in [0.25, 0.3) is 5.91 Å². The monoisotopic (exact) mass is 340 g/mol. The highest BCUT2D eigenvalue weighted by atomic mass is 16.3. The minimum Gasteiger partial charge on any atom is -0.463 e. The molecule has 3 heterocycles. The van der Waals surface area contributed by atoms with Gasteiger partial charge in [-0.3, -0.25) is 4.79 Å². The van der Waals surface area contributed by atoms with Crippen LogP contribution in [0, 0.1) is 5.92 Å². The predicted molar refractivity (Wildman–Crippen MR) is 97.4 cm³/mol. The maximum Gasteiger partial charge on any atom is 0.252 e. The lowest BCUT2D eigenvalue weighted by Gasteiger charge is -2.11. The molecule has 0 saturated heterocycles. The Kier molecular flexibility index (Phi) is 4.88. The van der Waals surface area contributed by atoms with Gasteiger partial charge >= 0.3 is 0 Å². The molecule has 1 amide bonds. The number of hydrogen-bond donors (Lipinski definition) is 1. The predicted octanol–water partition coefficient (Wildman–Crippen LogP) is 4.05. The quantitative estimate of drug-likeness (QED) is 0.735. The highest BCUT2D eigenvalue weighted by Gasteiger charge is 2.19. The molecule has 0 atom stereocenters. The second kappa shape index (κ2) is 7.09. The van der Waals surface area contributed by atoms with E-state index in [1.807, 2.05) is 30.7 Å². The Labute approximate surface area is 147 Å². The number of furan rings is 1. The minimum absolute atomic E-state index is 0.107. The number of fused-ring (bicyclic) bond motifs is 1. The molecule has 25 heavy (non-hydrogen) atoms. The Bertz CT molecular complexity index is 863. The van der Waals surface area contributed by atoms with E-state index in [2.05, 4.69) is 29.2 Å². The zero-order chi connectivity index (χ0) is 18.0. The Morgan fingerprint density at radius 2 is 2.12 bits per heavy atom. The Morgan fingerprint density at radius 3 is 2.76 bits per heavy atom. The normalized spacial score (nSPS) is 11.6. The number of carbonyl (C=O) groups excluding carboxylic acids is 1. The van der Waals surface area contributed by atoms with E-state index in [1.54, 1.807) is 18.5 Å². The van der Waals surface area contributed by atoms with Gasteiger partial charge in [0.05, 0.1) is 23.4 Å². The lowest BCUT2D eigenvalue weighted by atomic mass is 10.1. The highest BCUT2D eigenvalue weighted by molar-refractivity contribution is 6.06. The summed E-state index contributed by atoms with van der Waals surface area (Å²) in [6.45, 7) is 9.00. The number of aromatic nitrogens is 3. The Balaban J connectivity index is 2.05. The van der Waals surface area contributed by atoms with Gasteiger partial charge in [-0.1, -0.05) is 13.8 Å². The third kappa shape index (κ3) is 3.57. The maximum absolute atomic E-state index is 12.7. The lowest BCUT2D eigenvalue weighted by Crippen LogP contribution is -2.25. The van der Waals surface area contributed by atoms with Crippen molar-refractivity contribution in [3.63, 3.8) is 0 Å². The number of pyridine rings is 1. The summed E-state index contributed by atoms with van der Waals surface area (Å²) < 4.78 is 7.29. The van der Waals surface area contributed by atoms with E-state index in [1.165, 1.54) is 0 Å². The second-order valence-electron chi connectivity index (χ2n) is 6.89. The van der Waals surface area contributed by atoms with Gasteiger partial charge in [0.15, 0.2) is 11.4 Å². The SMILES string of the molecule is CC(C)CCNC(=O)c1cc(-c2ccco2)nc2c1cnn2C(C)C. The van der Waals surface area contributed by atoms with Crippen LogP contribution in [-0.4, -0.2) is 27.2 Å². The van der Waals surface area contributed by atoms with Crippen LogP contribution >= 0.6 is 0 Å². The maximum atomic E-state index is 12.7. The molecule has 0 aromatic carbocycles. The van der Waals surface area contributed by atoms with Gasteiger partial charge in [0.1, 0.15) is 5.69 Å². The molecule has 0 radical (unpaired) electrons. The molecular formula is C19H24N4O2. The average Bonchev–Trinajstić information content (AvgIpc) is 3.22. The van der Waals surface area contributed by atoms with Crippen LogP contribution in [0.3, 0.4) is 0 Å². The van der Waals surface area contributed by atoms with Crippen LogP contribution in [0.25, 0.3) is 22.5 Å². The van der Waals surface area contributed by atoms with Crippen molar-refractivity contribution < 1.29 is 9.21 Å². The third-order valence-electron chi connectivity index (χ3n) is 4.08. The molecule has 6 nitrogen and oxygen atoms in total. The van der Waals surface area contributed by atoms with Crippen molar-refractivity contribution in [3.8, 4) is 11.5 Å². The molecule has 0 fully saturated rings. The number of carbonyl (C=O) groups is 1. The fourth-order valence-electron chi connectivity index (χ4n) is 2.70. The molecule has 0 bridgehead atoms. The molecule has 132 valence electrons. The van der Waals surface area contributed by atoms with Gasteiger partial charge in [0, 0.05) is 12.6 Å². The minimum atomic E-state index is -0.107. The fraction of sp³-hybridized carbons (Fsp3) is 0.421. The summed E-state index contributed by atoms with van der Waals surface area (Å²) in [5, 5.41) is 8.17. The van der Waals surface area contributed by atoms with Crippen LogP contribution in [0.15, 0.2) is 35.1 Å². The molecule has 0 spiro atoms. The standard InChI is InChI=1S/C19H24N4O2/c1-12(2)7-8-20-19(24)14-10-16(17-6-5-9-25-17)22-18-15(14)11-21-23(18)13(3)4/h5-6,9-13H,7-8H2,1-4H3,(H,20,24). The number of rotatable bonds is 6. The molecule has 0 aliphatic carbocycles. The first-order valence-corrected chi connectivity index (χ1v) is 8.67. The third-order valence-corrected chi connectivity index (χ3v) is 4.08. The first-order chi connectivity index (χ1) is 12.0. The van der Waals surface area contributed by atoms with E-state index in [9.17, 15) is 4.79 Å². The highest BCUT2D eigenvalue weighted by Crippen LogP contribution is 2.26. The van der Waals surface area contributed by atoms with Crippen molar-refractivity contribution >= 4 is 16.9 Å². The summed E-state index contributed by atoms with van der Waals surface area (Å²) in [6, 6.07) is 5.57. The second-order valence-corrected chi connectivity index (χ2v) is 6.89. The zero-order valence-electron chi connectivity index (χ0n) is 15.1. The summed E-state index contributed by atoms with van der Waals surface area (Å²) in [7, 11) is 0.